The first-order valence-electron chi connectivity index (χ1n) is 7.74. The van der Waals surface area contributed by atoms with Gasteiger partial charge in [0, 0.05) is 12.0 Å². The Morgan fingerprint density at radius 2 is 1.00 bits per heavy atom. The third-order valence-electron chi connectivity index (χ3n) is 4.06. The lowest BCUT2D eigenvalue weighted by Gasteiger charge is -2.25. The maximum absolute atomic E-state index is 6.61. The van der Waals surface area contributed by atoms with Gasteiger partial charge in [0.15, 0.2) is 0 Å². The summed E-state index contributed by atoms with van der Waals surface area (Å²) in [5.74, 6) is 0.211. The van der Waals surface area contributed by atoms with Gasteiger partial charge in [-0.3, -0.25) is 0 Å². The Hall–Kier alpha value is -2.38. The van der Waals surface area contributed by atoms with Crippen LogP contribution in [-0.2, 0) is 6.42 Å². The van der Waals surface area contributed by atoms with E-state index >= 15 is 0 Å². The quantitative estimate of drug-likeness (QED) is 0.740. The van der Waals surface area contributed by atoms with Crippen LogP contribution in [0.5, 0.6) is 0 Å². The summed E-state index contributed by atoms with van der Waals surface area (Å²) in [5, 5.41) is 0. The van der Waals surface area contributed by atoms with Gasteiger partial charge in [-0.1, -0.05) is 91.0 Å². The van der Waals surface area contributed by atoms with Crippen molar-refractivity contribution in [3.8, 4) is 0 Å². The van der Waals surface area contributed by atoms with Crippen molar-refractivity contribution in [2.24, 2.45) is 5.73 Å². The molecule has 0 heterocycles. The molecule has 0 aliphatic carbocycles. The monoisotopic (exact) mass is 287 g/mol. The lowest BCUT2D eigenvalue weighted by molar-refractivity contribution is 0.590. The van der Waals surface area contributed by atoms with Crippen molar-refractivity contribution in [2.45, 2.75) is 18.4 Å². The van der Waals surface area contributed by atoms with Gasteiger partial charge < -0.3 is 5.73 Å². The highest BCUT2D eigenvalue weighted by Crippen LogP contribution is 2.28. The Kier molecular flexibility index (Phi) is 4.67. The molecule has 1 unspecified atom stereocenters. The van der Waals surface area contributed by atoms with Gasteiger partial charge in [0.05, 0.1) is 0 Å². The number of rotatable bonds is 5. The predicted octanol–water partition coefficient (Wildman–Crippen LogP) is 4.39. The summed E-state index contributed by atoms with van der Waals surface area (Å²) < 4.78 is 0. The fourth-order valence-electron chi connectivity index (χ4n) is 3.01. The standard InChI is InChI=1S/C21H21N/c22-20(16-17-10-4-1-5-11-17)21(18-12-6-2-7-13-18)19-14-8-3-9-15-19/h1-15,20-21H,16,22H2. The maximum atomic E-state index is 6.61. The molecule has 0 fully saturated rings. The molecule has 0 amide bonds. The number of benzene rings is 3. The van der Waals surface area contributed by atoms with Gasteiger partial charge in [0.1, 0.15) is 0 Å². The Bertz CT molecular complexity index is 637. The summed E-state index contributed by atoms with van der Waals surface area (Å²) in [6.45, 7) is 0. The van der Waals surface area contributed by atoms with Crippen LogP contribution in [0.25, 0.3) is 0 Å². The van der Waals surface area contributed by atoms with E-state index in [-0.39, 0.29) is 12.0 Å². The predicted molar refractivity (Wildman–Crippen MR) is 92.8 cm³/mol. The van der Waals surface area contributed by atoms with Crippen molar-refractivity contribution in [1.29, 1.82) is 0 Å². The number of hydrogen-bond acceptors (Lipinski definition) is 1. The van der Waals surface area contributed by atoms with Gasteiger partial charge >= 0.3 is 0 Å². The molecule has 22 heavy (non-hydrogen) atoms. The third-order valence-corrected chi connectivity index (χ3v) is 4.06. The minimum atomic E-state index is 0.0483. The Morgan fingerprint density at radius 1 is 0.591 bits per heavy atom. The maximum Gasteiger partial charge on any atom is 0.0244 e. The highest BCUT2D eigenvalue weighted by Gasteiger charge is 2.21. The van der Waals surface area contributed by atoms with E-state index in [1.165, 1.54) is 16.7 Å². The van der Waals surface area contributed by atoms with Crippen molar-refractivity contribution in [3.63, 3.8) is 0 Å². The molecule has 1 nitrogen and oxygen atoms in total. The van der Waals surface area contributed by atoms with Crippen molar-refractivity contribution in [2.75, 3.05) is 0 Å². The molecular formula is C21H21N. The second-order valence-electron chi connectivity index (χ2n) is 5.65. The first-order chi connectivity index (χ1) is 10.8. The summed E-state index contributed by atoms with van der Waals surface area (Å²) in [6, 6.07) is 31.6. The second-order valence-corrected chi connectivity index (χ2v) is 5.65. The van der Waals surface area contributed by atoms with Crippen LogP contribution in [0.4, 0.5) is 0 Å². The van der Waals surface area contributed by atoms with Crippen LogP contribution in [0.15, 0.2) is 91.0 Å². The molecular weight excluding hydrogens is 266 g/mol. The zero-order valence-electron chi connectivity index (χ0n) is 12.6. The van der Waals surface area contributed by atoms with Crippen LogP contribution in [0, 0.1) is 0 Å². The van der Waals surface area contributed by atoms with E-state index in [2.05, 4.69) is 72.8 Å². The van der Waals surface area contributed by atoms with E-state index in [9.17, 15) is 0 Å². The fraction of sp³-hybridized carbons (Fsp3) is 0.143. The van der Waals surface area contributed by atoms with Crippen molar-refractivity contribution in [1.82, 2.24) is 0 Å². The molecule has 3 aromatic rings. The lowest BCUT2D eigenvalue weighted by Crippen LogP contribution is -2.31. The molecule has 2 N–H and O–H groups in total. The molecule has 0 aliphatic heterocycles. The third kappa shape index (κ3) is 3.44. The minimum Gasteiger partial charge on any atom is -0.327 e. The molecule has 110 valence electrons. The van der Waals surface area contributed by atoms with Crippen molar-refractivity contribution in [3.05, 3.63) is 108 Å². The Morgan fingerprint density at radius 3 is 1.45 bits per heavy atom. The van der Waals surface area contributed by atoms with Gasteiger partial charge in [-0.2, -0.15) is 0 Å². The average molecular weight is 287 g/mol. The molecule has 0 saturated carbocycles. The fourth-order valence-corrected chi connectivity index (χ4v) is 3.01. The smallest absolute Gasteiger partial charge is 0.0244 e. The topological polar surface area (TPSA) is 26.0 Å². The molecule has 0 aromatic heterocycles. The van der Waals surface area contributed by atoms with E-state index in [1.807, 2.05) is 18.2 Å². The number of nitrogens with two attached hydrogens (primary N) is 1. The highest BCUT2D eigenvalue weighted by molar-refractivity contribution is 5.35. The summed E-state index contributed by atoms with van der Waals surface area (Å²) in [6.07, 6.45) is 0.870. The summed E-state index contributed by atoms with van der Waals surface area (Å²) in [5.41, 5.74) is 10.4. The number of hydrogen-bond donors (Lipinski definition) is 1. The Labute approximate surface area is 132 Å². The SMILES string of the molecule is NC(Cc1ccccc1)C(c1ccccc1)c1ccccc1. The lowest BCUT2D eigenvalue weighted by atomic mass is 9.83. The Balaban J connectivity index is 1.92. The molecule has 0 radical (unpaired) electrons. The molecule has 3 aromatic carbocycles. The van der Waals surface area contributed by atoms with E-state index in [4.69, 9.17) is 5.73 Å². The van der Waals surface area contributed by atoms with E-state index in [0.29, 0.717) is 0 Å². The average Bonchev–Trinajstić information content (AvgIpc) is 2.58. The van der Waals surface area contributed by atoms with Crippen LogP contribution >= 0.6 is 0 Å². The van der Waals surface area contributed by atoms with Gasteiger partial charge in [0.25, 0.3) is 0 Å². The second kappa shape index (κ2) is 7.06. The van der Waals surface area contributed by atoms with E-state index in [1.54, 1.807) is 0 Å². The van der Waals surface area contributed by atoms with Gasteiger partial charge in [-0.25, -0.2) is 0 Å². The van der Waals surface area contributed by atoms with Crippen LogP contribution in [0.3, 0.4) is 0 Å². The summed E-state index contributed by atoms with van der Waals surface area (Å²) >= 11 is 0. The van der Waals surface area contributed by atoms with E-state index < -0.39 is 0 Å². The first kappa shape index (κ1) is 14.6. The molecule has 0 bridgehead atoms. The van der Waals surface area contributed by atoms with Crippen LogP contribution in [0.1, 0.15) is 22.6 Å². The van der Waals surface area contributed by atoms with Gasteiger partial charge in [-0.15, -0.1) is 0 Å². The molecule has 0 saturated heterocycles. The normalized spacial score (nSPS) is 12.3. The molecule has 1 atom stereocenters. The molecule has 1 heteroatoms. The first-order valence-corrected chi connectivity index (χ1v) is 7.74. The summed E-state index contributed by atoms with van der Waals surface area (Å²) in [7, 11) is 0. The van der Waals surface area contributed by atoms with Gasteiger partial charge in [-0.05, 0) is 23.1 Å². The van der Waals surface area contributed by atoms with E-state index in [0.717, 1.165) is 6.42 Å². The minimum absolute atomic E-state index is 0.0483. The van der Waals surface area contributed by atoms with Crippen LogP contribution in [0.2, 0.25) is 0 Å². The highest BCUT2D eigenvalue weighted by atomic mass is 14.6. The van der Waals surface area contributed by atoms with Crippen LogP contribution < -0.4 is 5.73 Å². The molecule has 3 rings (SSSR count). The van der Waals surface area contributed by atoms with Crippen LogP contribution in [-0.4, -0.2) is 6.04 Å². The molecule has 0 spiro atoms. The zero-order chi connectivity index (χ0) is 15.2. The molecule has 0 aliphatic rings. The largest absolute Gasteiger partial charge is 0.327 e. The van der Waals surface area contributed by atoms with Gasteiger partial charge in [0.2, 0.25) is 0 Å². The zero-order valence-corrected chi connectivity index (χ0v) is 12.6. The summed E-state index contributed by atoms with van der Waals surface area (Å²) in [4.78, 5) is 0. The van der Waals surface area contributed by atoms with Crippen molar-refractivity contribution >= 4 is 0 Å². The van der Waals surface area contributed by atoms with Crippen molar-refractivity contribution < 1.29 is 0 Å².